The van der Waals surface area contributed by atoms with Crippen LogP contribution in [0.25, 0.3) is 0 Å². The topological polar surface area (TPSA) is 121 Å². The van der Waals surface area contributed by atoms with E-state index in [1.54, 1.807) is 29.8 Å². The Kier molecular flexibility index (Phi) is 8.99. The van der Waals surface area contributed by atoms with Crippen LogP contribution >= 0.6 is 0 Å². The Morgan fingerprint density at radius 1 is 1.15 bits per heavy atom. The standard InChI is InChI=1S/C27H36F3N7O3/c1-4-19(36-15-21(27(28,29)30)33-26(36)40)18-10-12-31-22(14-18)34-25(39)23(17-8-6-16(3)7-9-17)35-24(38)20-11-13-32-37(20)5-2/h10-14,16-17,19,21,23H,4-9,15H2,1-3H3,(H,33,40)(H,35,38)(H,31,34,39)/t16?,17?,19?,21-,23+/m0/s1. The molecule has 13 heteroatoms. The molecule has 218 valence electrons. The van der Waals surface area contributed by atoms with Crippen molar-refractivity contribution in [3.63, 3.8) is 0 Å². The molecule has 0 aromatic carbocycles. The summed E-state index contributed by atoms with van der Waals surface area (Å²) in [6.07, 6.45) is 2.24. The van der Waals surface area contributed by atoms with E-state index >= 15 is 0 Å². The first-order valence-corrected chi connectivity index (χ1v) is 13.7. The average molecular weight is 564 g/mol. The van der Waals surface area contributed by atoms with Gasteiger partial charge in [-0.1, -0.05) is 26.7 Å². The molecule has 1 aliphatic carbocycles. The molecule has 2 aromatic rings. The quantitative estimate of drug-likeness (QED) is 0.421. The van der Waals surface area contributed by atoms with E-state index < -0.39 is 48.7 Å². The number of hydrogen-bond donors (Lipinski definition) is 3. The first-order valence-electron chi connectivity index (χ1n) is 13.7. The minimum Gasteiger partial charge on any atom is -0.339 e. The molecule has 0 bridgehead atoms. The Morgan fingerprint density at radius 3 is 2.50 bits per heavy atom. The van der Waals surface area contributed by atoms with E-state index in [2.05, 4.69) is 27.6 Å². The zero-order valence-corrected chi connectivity index (χ0v) is 22.9. The van der Waals surface area contributed by atoms with Crippen LogP contribution in [-0.4, -0.2) is 62.3 Å². The lowest BCUT2D eigenvalue weighted by Crippen LogP contribution is -2.49. The molecule has 1 saturated heterocycles. The Bertz CT molecular complexity index is 1210. The Balaban J connectivity index is 1.52. The number of amides is 4. The van der Waals surface area contributed by atoms with Crippen molar-refractivity contribution in [2.45, 2.75) is 83.7 Å². The van der Waals surface area contributed by atoms with E-state index in [1.807, 2.05) is 12.2 Å². The molecule has 40 heavy (non-hydrogen) atoms. The van der Waals surface area contributed by atoms with Crippen molar-refractivity contribution in [3.05, 3.63) is 41.9 Å². The molecule has 2 aliphatic rings. The molecule has 1 saturated carbocycles. The minimum absolute atomic E-state index is 0.0719. The van der Waals surface area contributed by atoms with Gasteiger partial charge in [-0.25, -0.2) is 9.78 Å². The van der Waals surface area contributed by atoms with Gasteiger partial charge in [-0.15, -0.1) is 0 Å². The molecule has 0 radical (unpaired) electrons. The molecule has 10 nitrogen and oxygen atoms in total. The molecule has 3 atom stereocenters. The summed E-state index contributed by atoms with van der Waals surface area (Å²) in [6, 6.07) is 0.587. The molecule has 4 rings (SSSR count). The lowest BCUT2D eigenvalue weighted by atomic mass is 9.79. The second-order valence-electron chi connectivity index (χ2n) is 10.6. The van der Waals surface area contributed by atoms with Crippen molar-refractivity contribution in [2.75, 3.05) is 11.9 Å². The summed E-state index contributed by atoms with van der Waals surface area (Å²) in [5, 5.41) is 11.8. The summed E-state index contributed by atoms with van der Waals surface area (Å²) in [5.74, 6) is -0.164. The number of carbonyl (C=O) groups excluding carboxylic acids is 3. The fourth-order valence-corrected chi connectivity index (χ4v) is 5.58. The molecule has 3 heterocycles. The Hall–Kier alpha value is -3.64. The highest BCUT2D eigenvalue weighted by molar-refractivity contribution is 6.00. The van der Waals surface area contributed by atoms with Crippen LogP contribution in [0.5, 0.6) is 0 Å². The van der Waals surface area contributed by atoms with Gasteiger partial charge in [0.1, 0.15) is 23.6 Å². The van der Waals surface area contributed by atoms with E-state index in [9.17, 15) is 27.6 Å². The first kappa shape index (κ1) is 29.3. The number of aryl methyl sites for hydroxylation is 1. The van der Waals surface area contributed by atoms with Gasteiger partial charge in [-0.3, -0.25) is 14.3 Å². The zero-order valence-electron chi connectivity index (χ0n) is 22.9. The molecular weight excluding hydrogens is 527 g/mol. The number of carbonyl (C=O) groups is 3. The van der Waals surface area contributed by atoms with Crippen molar-refractivity contribution in [1.29, 1.82) is 0 Å². The highest BCUT2D eigenvalue weighted by Gasteiger charge is 2.48. The highest BCUT2D eigenvalue weighted by Crippen LogP contribution is 2.33. The van der Waals surface area contributed by atoms with Crippen LogP contribution in [0.2, 0.25) is 0 Å². The highest BCUT2D eigenvalue weighted by atomic mass is 19.4. The molecule has 1 unspecified atom stereocenters. The second kappa shape index (κ2) is 12.3. The summed E-state index contributed by atoms with van der Waals surface area (Å²) in [6.45, 7) is 5.80. The Labute approximate surface area is 231 Å². The van der Waals surface area contributed by atoms with Crippen molar-refractivity contribution in [3.8, 4) is 0 Å². The van der Waals surface area contributed by atoms with Crippen LogP contribution in [0.15, 0.2) is 30.6 Å². The van der Waals surface area contributed by atoms with Gasteiger partial charge < -0.3 is 20.9 Å². The number of nitrogens with zero attached hydrogens (tertiary/aromatic N) is 4. The zero-order chi connectivity index (χ0) is 29.0. The maximum absolute atomic E-state index is 13.6. The summed E-state index contributed by atoms with van der Waals surface area (Å²) in [4.78, 5) is 44.5. The second-order valence-corrected chi connectivity index (χ2v) is 10.6. The molecule has 1 aliphatic heterocycles. The molecular formula is C27H36F3N7O3. The summed E-state index contributed by atoms with van der Waals surface area (Å²) in [5.41, 5.74) is 0.904. The van der Waals surface area contributed by atoms with Crippen molar-refractivity contribution >= 4 is 23.7 Å². The lowest BCUT2D eigenvalue weighted by molar-refractivity contribution is -0.150. The largest absolute Gasteiger partial charge is 0.410 e. The van der Waals surface area contributed by atoms with E-state index in [4.69, 9.17) is 0 Å². The fourth-order valence-electron chi connectivity index (χ4n) is 5.58. The Morgan fingerprint density at radius 2 is 1.88 bits per heavy atom. The maximum Gasteiger partial charge on any atom is 0.410 e. The van der Waals surface area contributed by atoms with Gasteiger partial charge >= 0.3 is 12.2 Å². The van der Waals surface area contributed by atoms with Crippen LogP contribution in [0.4, 0.5) is 23.8 Å². The van der Waals surface area contributed by atoms with E-state index in [-0.39, 0.29) is 11.7 Å². The summed E-state index contributed by atoms with van der Waals surface area (Å²) in [7, 11) is 0. The molecule has 2 aromatic heterocycles. The number of alkyl halides is 3. The number of hydrogen-bond acceptors (Lipinski definition) is 5. The number of nitrogens with one attached hydrogen (secondary N) is 3. The van der Waals surface area contributed by atoms with Crippen molar-refractivity contribution < 1.29 is 27.6 Å². The number of halogens is 3. The third-order valence-electron chi connectivity index (χ3n) is 7.87. The first-order chi connectivity index (χ1) is 19.0. The molecule has 2 fully saturated rings. The smallest absolute Gasteiger partial charge is 0.339 e. The van der Waals surface area contributed by atoms with Crippen molar-refractivity contribution in [1.82, 2.24) is 30.3 Å². The van der Waals surface area contributed by atoms with Crippen molar-refractivity contribution in [2.24, 2.45) is 11.8 Å². The normalized spacial score (nSPS) is 22.9. The number of anilines is 1. The summed E-state index contributed by atoms with van der Waals surface area (Å²) < 4.78 is 41.2. The maximum atomic E-state index is 13.6. The van der Waals surface area contributed by atoms with Gasteiger partial charge in [0, 0.05) is 18.9 Å². The monoisotopic (exact) mass is 563 g/mol. The van der Waals surface area contributed by atoms with Crippen LogP contribution in [0.1, 0.15) is 75.0 Å². The minimum atomic E-state index is -4.55. The number of urea groups is 1. The SMILES string of the molecule is CCC(c1ccnc(NC(=O)[C@H](NC(=O)c2ccnn2CC)C2CCC(C)CC2)c1)N1C[C@@H](C(F)(F)F)NC1=O. The van der Waals surface area contributed by atoms with Crippen LogP contribution < -0.4 is 16.0 Å². The van der Waals surface area contributed by atoms with Gasteiger partial charge in [-0.2, -0.15) is 18.3 Å². The predicted molar refractivity (Wildman–Crippen MR) is 141 cm³/mol. The number of pyridine rings is 1. The van der Waals surface area contributed by atoms with Crippen LogP contribution in [0, 0.1) is 11.8 Å². The third-order valence-corrected chi connectivity index (χ3v) is 7.87. The molecule has 4 amide bonds. The number of rotatable bonds is 9. The molecule has 3 N–H and O–H groups in total. The van der Waals surface area contributed by atoms with Gasteiger partial charge in [0.25, 0.3) is 5.91 Å². The number of aromatic nitrogens is 3. The van der Waals surface area contributed by atoms with E-state index in [0.717, 1.165) is 30.6 Å². The average Bonchev–Trinajstić information content (AvgIpc) is 3.55. The molecule has 0 spiro atoms. The predicted octanol–water partition coefficient (Wildman–Crippen LogP) is 4.27. The van der Waals surface area contributed by atoms with Gasteiger partial charge in [0.2, 0.25) is 5.91 Å². The fraction of sp³-hybridized carbons (Fsp3) is 0.593. The van der Waals surface area contributed by atoms with Crippen LogP contribution in [0.3, 0.4) is 0 Å². The van der Waals surface area contributed by atoms with Gasteiger partial charge in [-0.05, 0) is 61.8 Å². The van der Waals surface area contributed by atoms with E-state index in [0.29, 0.717) is 30.1 Å². The summed E-state index contributed by atoms with van der Waals surface area (Å²) >= 11 is 0. The van der Waals surface area contributed by atoms with E-state index in [1.165, 1.54) is 12.4 Å². The van der Waals surface area contributed by atoms with Crippen LogP contribution in [-0.2, 0) is 11.3 Å². The third kappa shape index (κ3) is 6.56. The lowest BCUT2D eigenvalue weighted by Gasteiger charge is -2.32. The van der Waals surface area contributed by atoms with Gasteiger partial charge in [0.05, 0.1) is 12.6 Å². The van der Waals surface area contributed by atoms with Gasteiger partial charge in [0.15, 0.2) is 0 Å².